The lowest BCUT2D eigenvalue weighted by molar-refractivity contribution is 0.464. The summed E-state index contributed by atoms with van der Waals surface area (Å²) in [4.78, 5) is 0. The number of benzene rings is 1. The van der Waals surface area contributed by atoms with Crippen LogP contribution < -0.4 is 0 Å². The van der Waals surface area contributed by atoms with Crippen LogP contribution in [0.2, 0.25) is 0 Å². The van der Waals surface area contributed by atoms with Crippen molar-refractivity contribution in [2.75, 3.05) is 0 Å². The minimum Gasteiger partial charge on any atom is -0.507 e. The zero-order valence-electron chi connectivity index (χ0n) is 7.39. The molecule has 12 heavy (non-hydrogen) atoms. The second-order valence-electron chi connectivity index (χ2n) is 2.91. The van der Waals surface area contributed by atoms with Crippen LogP contribution in [0.1, 0.15) is 23.6 Å². The number of aromatic hydroxyl groups is 1. The summed E-state index contributed by atoms with van der Waals surface area (Å²) >= 11 is 5.70. The number of phenols is 1. The van der Waals surface area contributed by atoms with Gasteiger partial charge >= 0.3 is 0 Å². The van der Waals surface area contributed by atoms with Crippen molar-refractivity contribution in [3.8, 4) is 5.75 Å². The van der Waals surface area contributed by atoms with Gasteiger partial charge in [0.1, 0.15) is 5.75 Å². The van der Waals surface area contributed by atoms with E-state index in [0.717, 1.165) is 23.1 Å². The maximum Gasteiger partial charge on any atom is 0.121 e. The monoisotopic (exact) mass is 184 g/mol. The molecule has 0 atom stereocenters. The van der Waals surface area contributed by atoms with Crippen LogP contribution in [0.5, 0.6) is 5.75 Å². The van der Waals surface area contributed by atoms with Crippen LogP contribution in [0, 0.1) is 6.92 Å². The Morgan fingerprint density at radius 1 is 1.42 bits per heavy atom. The van der Waals surface area contributed by atoms with E-state index in [-0.39, 0.29) is 0 Å². The van der Waals surface area contributed by atoms with Crippen LogP contribution in [0.25, 0.3) is 0 Å². The topological polar surface area (TPSA) is 20.2 Å². The average Bonchev–Trinajstić information content (AvgIpc) is 2.09. The fourth-order valence-electron chi connectivity index (χ4n) is 1.28. The Balaban J connectivity index is 3.19. The van der Waals surface area contributed by atoms with E-state index in [1.165, 1.54) is 0 Å². The van der Waals surface area contributed by atoms with Gasteiger partial charge < -0.3 is 5.11 Å². The number of alkyl halides is 1. The highest BCUT2D eigenvalue weighted by atomic mass is 35.5. The molecule has 0 saturated carbocycles. The molecule has 0 bridgehead atoms. The van der Waals surface area contributed by atoms with Crippen LogP contribution in [-0.4, -0.2) is 5.11 Å². The molecule has 0 aromatic heterocycles. The largest absolute Gasteiger partial charge is 0.507 e. The van der Waals surface area contributed by atoms with Crippen LogP contribution in [0.4, 0.5) is 0 Å². The van der Waals surface area contributed by atoms with E-state index < -0.39 is 0 Å². The molecular formula is C10H13ClO. The number of aryl methyl sites for hydroxylation is 2. The molecule has 0 spiro atoms. The number of hydrogen-bond donors (Lipinski definition) is 1. The highest BCUT2D eigenvalue weighted by Gasteiger charge is 2.04. The molecule has 1 aromatic carbocycles. The molecule has 0 radical (unpaired) electrons. The van der Waals surface area contributed by atoms with Gasteiger partial charge in [-0.2, -0.15) is 0 Å². The van der Waals surface area contributed by atoms with Gasteiger partial charge in [0.15, 0.2) is 0 Å². The Labute approximate surface area is 78.0 Å². The van der Waals surface area contributed by atoms with Gasteiger partial charge in [-0.25, -0.2) is 0 Å². The van der Waals surface area contributed by atoms with Crippen LogP contribution in [-0.2, 0) is 12.3 Å². The highest BCUT2D eigenvalue weighted by Crippen LogP contribution is 2.24. The Hall–Kier alpha value is -0.690. The van der Waals surface area contributed by atoms with Gasteiger partial charge in [0.2, 0.25) is 0 Å². The molecule has 0 heterocycles. The lowest BCUT2D eigenvalue weighted by atomic mass is 10.0. The Kier molecular flexibility index (Phi) is 2.99. The standard InChI is InChI=1S/C10H13ClO/c1-3-9-5-8(6-11)4-7(2)10(9)12/h4-5,12H,3,6H2,1-2H3. The van der Waals surface area contributed by atoms with E-state index >= 15 is 0 Å². The highest BCUT2D eigenvalue weighted by molar-refractivity contribution is 6.17. The van der Waals surface area contributed by atoms with Gasteiger partial charge in [-0.1, -0.05) is 19.1 Å². The van der Waals surface area contributed by atoms with Crippen molar-refractivity contribution in [3.63, 3.8) is 0 Å². The maximum atomic E-state index is 9.57. The molecule has 1 N–H and O–H groups in total. The maximum absolute atomic E-state index is 9.57. The average molecular weight is 185 g/mol. The predicted molar refractivity (Wildman–Crippen MR) is 51.8 cm³/mol. The first-order chi connectivity index (χ1) is 5.69. The SMILES string of the molecule is CCc1cc(CCl)cc(C)c1O. The van der Waals surface area contributed by atoms with E-state index in [9.17, 15) is 5.11 Å². The molecule has 1 nitrogen and oxygen atoms in total. The Morgan fingerprint density at radius 2 is 2.08 bits per heavy atom. The first-order valence-corrected chi connectivity index (χ1v) is 4.59. The Bertz CT molecular complexity index is 281. The quantitative estimate of drug-likeness (QED) is 0.701. The lowest BCUT2D eigenvalue weighted by Gasteiger charge is -2.07. The Morgan fingerprint density at radius 3 is 2.58 bits per heavy atom. The molecule has 66 valence electrons. The number of phenolic OH excluding ortho intramolecular Hbond substituents is 1. The number of halogens is 1. The van der Waals surface area contributed by atoms with Crippen molar-refractivity contribution >= 4 is 11.6 Å². The number of hydrogen-bond acceptors (Lipinski definition) is 1. The number of rotatable bonds is 2. The van der Waals surface area contributed by atoms with Gasteiger partial charge in [0, 0.05) is 5.88 Å². The minimum absolute atomic E-state index is 0.409. The second-order valence-corrected chi connectivity index (χ2v) is 3.17. The molecule has 0 unspecified atom stereocenters. The van der Waals surface area contributed by atoms with Crippen molar-refractivity contribution in [2.24, 2.45) is 0 Å². The molecule has 1 aromatic rings. The summed E-state index contributed by atoms with van der Waals surface area (Å²) in [7, 11) is 0. The summed E-state index contributed by atoms with van der Waals surface area (Å²) in [6.45, 7) is 3.91. The molecule has 0 fully saturated rings. The second kappa shape index (κ2) is 3.81. The lowest BCUT2D eigenvalue weighted by Crippen LogP contribution is -1.88. The third kappa shape index (κ3) is 1.72. The first kappa shape index (κ1) is 9.40. The first-order valence-electron chi connectivity index (χ1n) is 4.06. The van der Waals surface area contributed by atoms with Crippen molar-refractivity contribution < 1.29 is 5.11 Å². The smallest absolute Gasteiger partial charge is 0.121 e. The summed E-state index contributed by atoms with van der Waals surface area (Å²) in [6, 6.07) is 3.87. The van der Waals surface area contributed by atoms with Gasteiger partial charge in [-0.3, -0.25) is 0 Å². The zero-order chi connectivity index (χ0) is 9.14. The molecule has 0 saturated heterocycles. The van der Waals surface area contributed by atoms with Crippen molar-refractivity contribution in [3.05, 3.63) is 28.8 Å². The van der Waals surface area contributed by atoms with Crippen LogP contribution >= 0.6 is 11.6 Å². The fourth-order valence-corrected chi connectivity index (χ4v) is 1.43. The summed E-state index contributed by atoms with van der Waals surface area (Å²) in [6.07, 6.45) is 0.845. The molecule has 1 rings (SSSR count). The van der Waals surface area contributed by atoms with Gasteiger partial charge in [0.05, 0.1) is 0 Å². The molecular weight excluding hydrogens is 172 g/mol. The van der Waals surface area contributed by atoms with Crippen molar-refractivity contribution in [1.29, 1.82) is 0 Å². The van der Waals surface area contributed by atoms with Gasteiger partial charge in [-0.15, -0.1) is 11.6 Å². The molecule has 0 aliphatic rings. The van der Waals surface area contributed by atoms with Gasteiger partial charge in [0.25, 0.3) is 0 Å². The van der Waals surface area contributed by atoms with E-state index in [2.05, 4.69) is 0 Å². The predicted octanol–water partition coefficient (Wildman–Crippen LogP) is 3.00. The van der Waals surface area contributed by atoms with E-state index in [1.54, 1.807) is 0 Å². The normalized spacial score (nSPS) is 10.2. The minimum atomic E-state index is 0.409. The summed E-state index contributed by atoms with van der Waals surface area (Å²) in [5.74, 6) is 0.917. The third-order valence-electron chi connectivity index (χ3n) is 1.97. The summed E-state index contributed by atoms with van der Waals surface area (Å²) in [5.41, 5.74) is 2.96. The summed E-state index contributed by atoms with van der Waals surface area (Å²) < 4.78 is 0. The molecule has 0 aliphatic carbocycles. The van der Waals surface area contributed by atoms with E-state index in [1.807, 2.05) is 26.0 Å². The van der Waals surface area contributed by atoms with Crippen molar-refractivity contribution in [2.45, 2.75) is 26.1 Å². The fraction of sp³-hybridized carbons (Fsp3) is 0.400. The molecule has 0 amide bonds. The van der Waals surface area contributed by atoms with E-state index in [0.29, 0.717) is 11.6 Å². The zero-order valence-corrected chi connectivity index (χ0v) is 8.15. The van der Waals surface area contributed by atoms with E-state index in [4.69, 9.17) is 11.6 Å². The van der Waals surface area contributed by atoms with Crippen LogP contribution in [0.15, 0.2) is 12.1 Å². The summed E-state index contributed by atoms with van der Waals surface area (Å²) in [5, 5.41) is 9.57. The third-order valence-corrected chi connectivity index (χ3v) is 2.28. The van der Waals surface area contributed by atoms with Gasteiger partial charge in [-0.05, 0) is 30.0 Å². The van der Waals surface area contributed by atoms with Crippen LogP contribution in [0.3, 0.4) is 0 Å². The molecule has 0 aliphatic heterocycles. The van der Waals surface area contributed by atoms with Crippen molar-refractivity contribution in [1.82, 2.24) is 0 Å². The molecule has 2 heteroatoms.